The minimum atomic E-state index is -0.847. The Balaban J connectivity index is 2.54. The van der Waals surface area contributed by atoms with Crippen LogP contribution in [0.25, 0.3) is 0 Å². The molecular formula is C9H12N2O2. The standard InChI is InChI=1S/C9H12N2O2/c1-6-8(9(12)13)7-4-2-3-5-11(7)10-6/h2-5H2,1H3,(H,12,13). The first-order valence-electron chi connectivity index (χ1n) is 4.49. The van der Waals surface area contributed by atoms with Gasteiger partial charge < -0.3 is 5.11 Å². The first-order valence-corrected chi connectivity index (χ1v) is 4.49. The van der Waals surface area contributed by atoms with E-state index in [9.17, 15) is 4.79 Å². The molecule has 0 saturated heterocycles. The van der Waals surface area contributed by atoms with Crippen molar-refractivity contribution in [2.24, 2.45) is 0 Å². The number of hydrogen-bond acceptors (Lipinski definition) is 2. The zero-order valence-electron chi connectivity index (χ0n) is 7.58. The lowest BCUT2D eigenvalue weighted by atomic mass is 10.1. The van der Waals surface area contributed by atoms with E-state index < -0.39 is 5.97 Å². The quantitative estimate of drug-likeness (QED) is 0.707. The van der Waals surface area contributed by atoms with Crippen molar-refractivity contribution in [2.45, 2.75) is 32.7 Å². The van der Waals surface area contributed by atoms with Crippen molar-refractivity contribution in [3.8, 4) is 0 Å². The van der Waals surface area contributed by atoms with Crippen molar-refractivity contribution in [3.05, 3.63) is 17.0 Å². The number of nitrogens with zero attached hydrogens (tertiary/aromatic N) is 2. The van der Waals surface area contributed by atoms with Crippen molar-refractivity contribution in [1.29, 1.82) is 0 Å². The Kier molecular flexibility index (Phi) is 1.83. The number of rotatable bonds is 1. The van der Waals surface area contributed by atoms with Crippen molar-refractivity contribution in [1.82, 2.24) is 9.78 Å². The van der Waals surface area contributed by atoms with Crippen LogP contribution in [-0.4, -0.2) is 20.9 Å². The second kappa shape index (κ2) is 2.87. The van der Waals surface area contributed by atoms with Gasteiger partial charge in [-0.15, -0.1) is 0 Å². The number of carboxylic acid groups (broad SMARTS) is 1. The Morgan fingerprint density at radius 3 is 3.00 bits per heavy atom. The zero-order chi connectivity index (χ0) is 9.42. The average Bonchev–Trinajstić information content (AvgIpc) is 2.39. The molecule has 0 spiro atoms. The Hall–Kier alpha value is -1.32. The van der Waals surface area contributed by atoms with E-state index in [2.05, 4.69) is 5.10 Å². The molecule has 2 rings (SSSR count). The molecule has 0 aromatic carbocycles. The van der Waals surface area contributed by atoms with Gasteiger partial charge >= 0.3 is 5.97 Å². The fraction of sp³-hybridized carbons (Fsp3) is 0.556. The summed E-state index contributed by atoms with van der Waals surface area (Å²) in [4.78, 5) is 10.9. The average molecular weight is 180 g/mol. The second-order valence-electron chi connectivity index (χ2n) is 3.39. The summed E-state index contributed by atoms with van der Waals surface area (Å²) in [5, 5.41) is 13.2. The molecule has 4 heteroatoms. The van der Waals surface area contributed by atoms with E-state index in [0.29, 0.717) is 11.3 Å². The Morgan fingerprint density at radius 1 is 1.54 bits per heavy atom. The lowest BCUT2D eigenvalue weighted by Crippen LogP contribution is -2.13. The van der Waals surface area contributed by atoms with Crippen LogP contribution in [0.3, 0.4) is 0 Å². The number of fused-ring (bicyclic) bond motifs is 1. The highest BCUT2D eigenvalue weighted by Crippen LogP contribution is 2.20. The minimum absolute atomic E-state index is 0.416. The summed E-state index contributed by atoms with van der Waals surface area (Å²) in [6.45, 7) is 2.62. The van der Waals surface area contributed by atoms with E-state index in [1.165, 1.54) is 0 Å². The smallest absolute Gasteiger partial charge is 0.339 e. The summed E-state index contributed by atoms with van der Waals surface area (Å²) < 4.78 is 1.84. The highest BCUT2D eigenvalue weighted by molar-refractivity contribution is 5.90. The minimum Gasteiger partial charge on any atom is -0.478 e. The largest absolute Gasteiger partial charge is 0.478 e. The topological polar surface area (TPSA) is 55.1 Å². The van der Waals surface area contributed by atoms with Gasteiger partial charge in [-0.25, -0.2) is 4.79 Å². The van der Waals surface area contributed by atoms with Crippen molar-refractivity contribution in [3.63, 3.8) is 0 Å². The van der Waals surface area contributed by atoms with E-state index in [4.69, 9.17) is 5.11 Å². The van der Waals surface area contributed by atoms with Crippen LogP contribution in [0, 0.1) is 6.92 Å². The number of aromatic carboxylic acids is 1. The normalized spacial score (nSPS) is 15.5. The maximum atomic E-state index is 10.9. The van der Waals surface area contributed by atoms with Gasteiger partial charge in [-0.2, -0.15) is 5.10 Å². The lowest BCUT2D eigenvalue weighted by Gasteiger charge is -2.13. The zero-order valence-corrected chi connectivity index (χ0v) is 7.58. The van der Waals surface area contributed by atoms with Gasteiger partial charge in [0.25, 0.3) is 0 Å². The molecule has 0 aliphatic carbocycles. The molecule has 1 aliphatic heterocycles. The molecule has 0 fully saturated rings. The molecule has 4 nitrogen and oxygen atoms in total. The molecule has 70 valence electrons. The first kappa shape index (κ1) is 8.29. The SMILES string of the molecule is Cc1nn2c(c1C(=O)O)CCCC2. The Bertz CT molecular complexity index is 355. The number of hydrogen-bond donors (Lipinski definition) is 1. The molecule has 2 heterocycles. The summed E-state index contributed by atoms with van der Waals surface area (Å²) in [6, 6.07) is 0. The van der Waals surface area contributed by atoms with Gasteiger partial charge in [-0.05, 0) is 26.2 Å². The van der Waals surface area contributed by atoms with E-state index in [1.54, 1.807) is 6.92 Å². The fourth-order valence-electron chi connectivity index (χ4n) is 1.90. The summed E-state index contributed by atoms with van der Waals surface area (Å²) in [6.07, 6.45) is 3.03. The third kappa shape index (κ3) is 1.22. The van der Waals surface area contributed by atoms with Crippen LogP contribution in [0.15, 0.2) is 0 Å². The van der Waals surface area contributed by atoms with Crippen LogP contribution >= 0.6 is 0 Å². The van der Waals surface area contributed by atoms with Crippen LogP contribution in [0.5, 0.6) is 0 Å². The third-order valence-corrected chi connectivity index (χ3v) is 2.48. The van der Waals surface area contributed by atoms with Gasteiger partial charge in [0.15, 0.2) is 0 Å². The van der Waals surface area contributed by atoms with Crippen LogP contribution in [0.4, 0.5) is 0 Å². The maximum absolute atomic E-state index is 10.9. The highest BCUT2D eigenvalue weighted by Gasteiger charge is 2.22. The molecule has 0 bridgehead atoms. The molecule has 0 unspecified atom stereocenters. The monoisotopic (exact) mass is 180 g/mol. The molecular weight excluding hydrogens is 168 g/mol. The summed E-state index contributed by atoms with van der Waals surface area (Å²) in [5.74, 6) is -0.847. The number of aryl methyl sites for hydroxylation is 2. The predicted molar refractivity (Wildman–Crippen MR) is 46.9 cm³/mol. The van der Waals surface area contributed by atoms with Gasteiger partial charge in [0, 0.05) is 6.54 Å². The molecule has 13 heavy (non-hydrogen) atoms. The molecule has 1 aromatic heterocycles. The molecule has 1 aliphatic rings. The fourth-order valence-corrected chi connectivity index (χ4v) is 1.90. The molecule has 1 aromatic rings. The van der Waals surface area contributed by atoms with Crippen LogP contribution in [0.2, 0.25) is 0 Å². The second-order valence-corrected chi connectivity index (χ2v) is 3.39. The molecule has 0 radical (unpaired) electrons. The van der Waals surface area contributed by atoms with Crippen molar-refractivity contribution in [2.75, 3.05) is 0 Å². The van der Waals surface area contributed by atoms with Gasteiger partial charge in [-0.3, -0.25) is 4.68 Å². The Morgan fingerprint density at radius 2 is 2.31 bits per heavy atom. The summed E-state index contributed by atoms with van der Waals surface area (Å²) in [7, 11) is 0. The molecule has 0 amide bonds. The predicted octanol–water partition coefficient (Wildman–Crippen LogP) is 1.23. The van der Waals surface area contributed by atoms with Crippen LogP contribution in [-0.2, 0) is 13.0 Å². The summed E-state index contributed by atoms with van der Waals surface area (Å²) in [5.41, 5.74) is 1.96. The van der Waals surface area contributed by atoms with Crippen LogP contribution < -0.4 is 0 Å². The van der Waals surface area contributed by atoms with Crippen LogP contribution in [0.1, 0.15) is 34.6 Å². The molecule has 0 atom stereocenters. The van der Waals surface area contributed by atoms with Gasteiger partial charge in [0.05, 0.1) is 11.4 Å². The molecule has 0 saturated carbocycles. The van der Waals surface area contributed by atoms with Gasteiger partial charge in [-0.1, -0.05) is 0 Å². The number of aromatic nitrogens is 2. The van der Waals surface area contributed by atoms with Crippen molar-refractivity contribution < 1.29 is 9.90 Å². The maximum Gasteiger partial charge on any atom is 0.339 e. The summed E-state index contributed by atoms with van der Waals surface area (Å²) >= 11 is 0. The van der Waals surface area contributed by atoms with Gasteiger partial charge in [0.1, 0.15) is 5.56 Å². The Labute approximate surface area is 76.2 Å². The third-order valence-electron chi connectivity index (χ3n) is 2.48. The van der Waals surface area contributed by atoms with E-state index in [1.807, 2.05) is 4.68 Å². The number of carbonyl (C=O) groups is 1. The van der Waals surface area contributed by atoms with E-state index in [-0.39, 0.29) is 0 Å². The van der Waals surface area contributed by atoms with Crippen molar-refractivity contribution >= 4 is 5.97 Å². The highest BCUT2D eigenvalue weighted by atomic mass is 16.4. The van der Waals surface area contributed by atoms with E-state index in [0.717, 1.165) is 31.5 Å². The molecule has 1 N–H and O–H groups in total. The first-order chi connectivity index (χ1) is 6.20. The van der Waals surface area contributed by atoms with E-state index >= 15 is 0 Å². The lowest BCUT2D eigenvalue weighted by molar-refractivity contribution is 0.0694. The van der Waals surface area contributed by atoms with Gasteiger partial charge in [0.2, 0.25) is 0 Å². The number of carboxylic acids is 1.